The van der Waals surface area contributed by atoms with E-state index in [1.165, 1.54) is 24.1 Å². The number of aromatic nitrogens is 2. The minimum atomic E-state index is -0.274. The van der Waals surface area contributed by atoms with Gasteiger partial charge in [-0.05, 0) is 30.9 Å². The van der Waals surface area contributed by atoms with Crippen molar-refractivity contribution in [2.24, 2.45) is 0 Å². The molecule has 6 heteroatoms. The first-order valence-electron chi connectivity index (χ1n) is 7.66. The maximum Gasteiger partial charge on any atom is 0.325 e. The lowest BCUT2D eigenvalue weighted by atomic mass is 9.85. The van der Waals surface area contributed by atoms with Gasteiger partial charge >= 0.3 is 6.03 Å². The Morgan fingerprint density at radius 1 is 1.17 bits per heavy atom. The van der Waals surface area contributed by atoms with Gasteiger partial charge < -0.3 is 5.32 Å². The fourth-order valence-corrected chi connectivity index (χ4v) is 3.69. The van der Waals surface area contributed by atoms with E-state index < -0.39 is 0 Å². The van der Waals surface area contributed by atoms with Crippen molar-refractivity contribution in [2.75, 3.05) is 10.6 Å². The van der Waals surface area contributed by atoms with Crippen LogP contribution in [0.1, 0.15) is 30.1 Å². The highest BCUT2D eigenvalue weighted by Crippen LogP contribution is 2.39. The van der Waals surface area contributed by atoms with Crippen molar-refractivity contribution < 1.29 is 4.79 Å². The fourth-order valence-electron chi connectivity index (χ4n) is 2.71. The first-order chi connectivity index (χ1) is 11.3. The van der Waals surface area contributed by atoms with E-state index in [-0.39, 0.29) is 6.03 Å². The summed E-state index contributed by atoms with van der Waals surface area (Å²) in [5.41, 5.74) is 0.762. The van der Waals surface area contributed by atoms with Crippen LogP contribution in [0, 0.1) is 0 Å². The Hall–Kier alpha value is -2.47. The summed E-state index contributed by atoms with van der Waals surface area (Å²) < 4.78 is 0. The number of fused-ring (bicyclic) bond motifs is 1. The molecule has 0 saturated heterocycles. The maximum absolute atomic E-state index is 12.2. The SMILES string of the molecule is O=C(Nc1ncc(C2CCC2)s1)Nc1cccc2cnccc12. The van der Waals surface area contributed by atoms with Crippen LogP contribution in [0.15, 0.2) is 42.9 Å². The van der Waals surface area contributed by atoms with Crippen LogP contribution in [-0.2, 0) is 0 Å². The van der Waals surface area contributed by atoms with Crippen molar-refractivity contribution in [3.63, 3.8) is 0 Å². The molecule has 116 valence electrons. The third-order valence-corrected chi connectivity index (χ3v) is 5.26. The van der Waals surface area contributed by atoms with E-state index in [1.54, 1.807) is 23.7 Å². The number of nitrogens with one attached hydrogen (secondary N) is 2. The summed E-state index contributed by atoms with van der Waals surface area (Å²) in [4.78, 5) is 21.9. The van der Waals surface area contributed by atoms with Crippen molar-refractivity contribution in [1.82, 2.24) is 9.97 Å². The largest absolute Gasteiger partial charge is 0.325 e. The number of hydrogen-bond donors (Lipinski definition) is 2. The molecule has 0 spiro atoms. The normalized spacial score (nSPS) is 14.4. The van der Waals surface area contributed by atoms with Gasteiger partial charge in [-0.25, -0.2) is 9.78 Å². The predicted molar refractivity (Wildman–Crippen MR) is 93.1 cm³/mol. The molecule has 0 unspecified atom stereocenters. The van der Waals surface area contributed by atoms with Crippen molar-refractivity contribution in [1.29, 1.82) is 0 Å². The number of nitrogens with zero attached hydrogens (tertiary/aromatic N) is 2. The molecule has 1 aliphatic carbocycles. The van der Waals surface area contributed by atoms with E-state index in [2.05, 4.69) is 20.6 Å². The van der Waals surface area contributed by atoms with Gasteiger partial charge in [0.2, 0.25) is 0 Å². The first kappa shape index (κ1) is 14.1. The van der Waals surface area contributed by atoms with Crippen LogP contribution < -0.4 is 10.6 Å². The first-order valence-corrected chi connectivity index (χ1v) is 8.48. The van der Waals surface area contributed by atoms with Crippen LogP contribution in [-0.4, -0.2) is 16.0 Å². The number of hydrogen-bond acceptors (Lipinski definition) is 4. The van der Waals surface area contributed by atoms with E-state index >= 15 is 0 Å². The standard InChI is InChI=1S/C17H16N4OS/c22-16(21-17-19-10-15(23-17)11-3-1-4-11)20-14-6-2-5-12-9-18-8-7-13(12)14/h2,5-11H,1,3-4H2,(H2,19,20,21,22). The third-order valence-electron chi connectivity index (χ3n) is 4.18. The van der Waals surface area contributed by atoms with Crippen LogP contribution in [0.4, 0.5) is 15.6 Å². The zero-order valence-corrected chi connectivity index (χ0v) is 13.3. The Balaban J connectivity index is 1.47. The highest BCUT2D eigenvalue weighted by molar-refractivity contribution is 7.15. The second-order valence-corrected chi connectivity index (χ2v) is 6.74. The summed E-state index contributed by atoms with van der Waals surface area (Å²) in [6.07, 6.45) is 9.15. The molecular weight excluding hydrogens is 308 g/mol. The van der Waals surface area contributed by atoms with Gasteiger partial charge in [0.1, 0.15) is 0 Å². The van der Waals surface area contributed by atoms with Gasteiger partial charge in [-0.2, -0.15) is 0 Å². The highest BCUT2D eigenvalue weighted by atomic mass is 32.1. The number of carbonyl (C=O) groups excluding carboxylic acids is 1. The van der Waals surface area contributed by atoms with Gasteiger partial charge in [-0.15, -0.1) is 11.3 Å². The number of rotatable bonds is 3. The van der Waals surface area contributed by atoms with Crippen LogP contribution in [0.25, 0.3) is 10.8 Å². The second-order valence-electron chi connectivity index (χ2n) is 5.68. The molecular formula is C17H16N4OS. The van der Waals surface area contributed by atoms with Crippen molar-refractivity contribution >= 4 is 39.0 Å². The zero-order chi connectivity index (χ0) is 15.6. The smallest absolute Gasteiger partial charge is 0.307 e. The molecule has 0 atom stereocenters. The molecule has 2 amide bonds. The number of urea groups is 1. The quantitative estimate of drug-likeness (QED) is 0.739. The molecule has 1 aliphatic rings. The van der Waals surface area contributed by atoms with E-state index in [0.29, 0.717) is 11.0 Å². The average molecular weight is 324 g/mol. The van der Waals surface area contributed by atoms with Gasteiger partial charge in [0.15, 0.2) is 5.13 Å². The Kier molecular flexibility index (Phi) is 3.67. The fraction of sp³-hybridized carbons (Fsp3) is 0.235. The molecule has 2 N–H and O–H groups in total. The predicted octanol–water partition coefficient (Wildman–Crippen LogP) is 4.60. The molecule has 0 aliphatic heterocycles. The number of thiazole rings is 1. The Morgan fingerprint density at radius 3 is 2.91 bits per heavy atom. The molecule has 1 aromatic carbocycles. The van der Waals surface area contributed by atoms with Gasteiger partial charge in [0.25, 0.3) is 0 Å². The summed E-state index contributed by atoms with van der Waals surface area (Å²) in [5.74, 6) is 0.636. The van der Waals surface area contributed by atoms with Gasteiger partial charge in [0, 0.05) is 34.2 Å². The molecule has 2 aromatic heterocycles. The summed E-state index contributed by atoms with van der Waals surface area (Å²) in [6.45, 7) is 0. The summed E-state index contributed by atoms with van der Waals surface area (Å²) in [7, 11) is 0. The van der Waals surface area contributed by atoms with E-state index in [1.807, 2.05) is 30.5 Å². The Morgan fingerprint density at radius 2 is 2.09 bits per heavy atom. The van der Waals surface area contributed by atoms with Crippen LogP contribution in [0.5, 0.6) is 0 Å². The van der Waals surface area contributed by atoms with E-state index in [0.717, 1.165) is 16.5 Å². The van der Waals surface area contributed by atoms with Crippen LogP contribution in [0.3, 0.4) is 0 Å². The maximum atomic E-state index is 12.2. The molecule has 2 heterocycles. The van der Waals surface area contributed by atoms with Gasteiger partial charge in [0.05, 0.1) is 5.69 Å². The number of pyridine rings is 1. The van der Waals surface area contributed by atoms with Gasteiger partial charge in [-0.1, -0.05) is 18.6 Å². The number of benzene rings is 1. The number of anilines is 2. The summed E-state index contributed by atoms with van der Waals surface area (Å²) >= 11 is 1.57. The van der Waals surface area contributed by atoms with Crippen molar-refractivity contribution in [2.45, 2.75) is 25.2 Å². The van der Waals surface area contributed by atoms with E-state index in [9.17, 15) is 4.79 Å². The van der Waals surface area contributed by atoms with E-state index in [4.69, 9.17) is 0 Å². The highest BCUT2D eigenvalue weighted by Gasteiger charge is 2.22. The van der Waals surface area contributed by atoms with Crippen molar-refractivity contribution in [3.05, 3.63) is 47.7 Å². The van der Waals surface area contributed by atoms with Crippen LogP contribution >= 0.6 is 11.3 Å². The monoisotopic (exact) mass is 324 g/mol. The zero-order valence-electron chi connectivity index (χ0n) is 12.5. The lowest BCUT2D eigenvalue weighted by Crippen LogP contribution is -2.19. The van der Waals surface area contributed by atoms with Gasteiger partial charge in [-0.3, -0.25) is 10.3 Å². The molecule has 1 saturated carbocycles. The summed E-state index contributed by atoms with van der Waals surface area (Å²) in [6, 6.07) is 7.37. The molecule has 1 fully saturated rings. The molecule has 0 bridgehead atoms. The lowest BCUT2D eigenvalue weighted by Gasteiger charge is -2.23. The Labute approximate surface area is 137 Å². The van der Waals surface area contributed by atoms with Crippen molar-refractivity contribution in [3.8, 4) is 0 Å². The third kappa shape index (κ3) is 2.90. The number of carbonyl (C=O) groups is 1. The Bertz CT molecular complexity index is 851. The molecule has 23 heavy (non-hydrogen) atoms. The molecule has 0 radical (unpaired) electrons. The summed E-state index contributed by atoms with van der Waals surface area (Å²) in [5, 5.41) is 8.31. The lowest BCUT2D eigenvalue weighted by molar-refractivity contribution is 0.262. The molecule has 3 aromatic rings. The molecule has 5 nitrogen and oxygen atoms in total. The average Bonchev–Trinajstić information content (AvgIpc) is 2.93. The second kappa shape index (κ2) is 5.96. The minimum absolute atomic E-state index is 0.274. The van der Waals surface area contributed by atoms with Crippen LogP contribution in [0.2, 0.25) is 0 Å². The molecule has 4 rings (SSSR count). The number of amides is 2. The minimum Gasteiger partial charge on any atom is -0.307 e. The topological polar surface area (TPSA) is 66.9 Å².